The maximum Gasteiger partial charge on any atom is 0.193 e. The lowest BCUT2D eigenvalue weighted by Crippen LogP contribution is -2.03. The highest BCUT2D eigenvalue weighted by Crippen LogP contribution is 2.27. The van der Waals surface area contributed by atoms with Crippen molar-refractivity contribution in [2.24, 2.45) is 0 Å². The SMILES string of the molecule is O=Cc1ccc(-c2ccccc2C(=O)c2ccc(Br)cc2)o1. The molecule has 2 aromatic carbocycles. The van der Waals surface area contributed by atoms with Crippen molar-refractivity contribution < 1.29 is 14.0 Å². The largest absolute Gasteiger partial charge is 0.453 e. The average molecular weight is 355 g/mol. The Bertz CT molecular complexity index is 832. The van der Waals surface area contributed by atoms with Crippen molar-refractivity contribution in [1.82, 2.24) is 0 Å². The fraction of sp³-hybridized carbons (Fsp3) is 0. The minimum absolute atomic E-state index is 0.0906. The fourth-order valence-electron chi connectivity index (χ4n) is 2.21. The number of furan rings is 1. The number of rotatable bonds is 4. The molecule has 0 saturated heterocycles. The van der Waals surface area contributed by atoms with E-state index in [1.54, 1.807) is 42.5 Å². The molecule has 108 valence electrons. The van der Waals surface area contributed by atoms with Gasteiger partial charge in [0, 0.05) is 21.2 Å². The predicted molar refractivity (Wildman–Crippen MR) is 87.1 cm³/mol. The van der Waals surface area contributed by atoms with Crippen LogP contribution in [0.2, 0.25) is 0 Å². The van der Waals surface area contributed by atoms with Crippen molar-refractivity contribution in [3.05, 3.63) is 82.0 Å². The van der Waals surface area contributed by atoms with Gasteiger partial charge in [-0.3, -0.25) is 9.59 Å². The Kier molecular flexibility index (Phi) is 4.02. The van der Waals surface area contributed by atoms with Crippen molar-refractivity contribution in [3.63, 3.8) is 0 Å². The first-order chi connectivity index (χ1) is 10.7. The zero-order valence-corrected chi connectivity index (χ0v) is 13.0. The van der Waals surface area contributed by atoms with Crippen LogP contribution in [-0.4, -0.2) is 12.1 Å². The van der Waals surface area contributed by atoms with Gasteiger partial charge in [0.1, 0.15) is 5.76 Å². The van der Waals surface area contributed by atoms with Gasteiger partial charge in [-0.15, -0.1) is 0 Å². The number of benzene rings is 2. The van der Waals surface area contributed by atoms with Gasteiger partial charge in [-0.2, -0.15) is 0 Å². The zero-order chi connectivity index (χ0) is 15.5. The molecule has 0 radical (unpaired) electrons. The van der Waals surface area contributed by atoms with Crippen molar-refractivity contribution in [2.45, 2.75) is 0 Å². The third-order valence-corrected chi connectivity index (χ3v) is 3.82. The summed E-state index contributed by atoms with van der Waals surface area (Å²) < 4.78 is 6.35. The molecule has 0 amide bonds. The molecule has 0 aliphatic rings. The standard InChI is InChI=1S/C18H11BrO3/c19-13-7-5-12(6-8-13)18(21)16-4-2-1-3-15(16)17-10-9-14(11-20)22-17/h1-11H. The first-order valence-electron chi connectivity index (χ1n) is 6.64. The molecule has 0 unspecified atom stereocenters. The van der Waals surface area contributed by atoms with Crippen molar-refractivity contribution in [3.8, 4) is 11.3 Å². The molecule has 1 aromatic heterocycles. The summed E-state index contributed by atoms with van der Waals surface area (Å²) in [5.41, 5.74) is 1.80. The minimum Gasteiger partial charge on any atom is -0.453 e. The molecule has 22 heavy (non-hydrogen) atoms. The van der Waals surface area contributed by atoms with Crippen LogP contribution in [0.15, 0.2) is 69.6 Å². The number of hydrogen-bond donors (Lipinski definition) is 0. The van der Waals surface area contributed by atoms with E-state index < -0.39 is 0 Å². The molecule has 3 rings (SSSR count). The zero-order valence-electron chi connectivity index (χ0n) is 11.5. The van der Waals surface area contributed by atoms with Gasteiger partial charge in [0.25, 0.3) is 0 Å². The van der Waals surface area contributed by atoms with E-state index >= 15 is 0 Å². The van der Waals surface area contributed by atoms with Gasteiger partial charge in [-0.25, -0.2) is 0 Å². The van der Waals surface area contributed by atoms with Crippen molar-refractivity contribution >= 4 is 28.0 Å². The van der Waals surface area contributed by atoms with Gasteiger partial charge in [0.05, 0.1) is 0 Å². The Morgan fingerprint density at radius 3 is 2.36 bits per heavy atom. The second kappa shape index (κ2) is 6.12. The molecule has 0 fully saturated rings. The van der Waals surface area contributed by atoms with Crippen LogP contribution in [0.4, 0.5) is 0 Å². The number of halogens is 1. The average Bonchev–Trinajstić information content (AvgIpc) is 3.04. The molecule has 0 bridgehead atoms. The lowest BCUT2D eigenvalue weighted by molar-refractivity contribution is 0.103. The van der Waals surface area contributed by atoms with E-state index in [4.69, 9.17) is 4.42 Å². The molecule has 4 heteroatoms. The van der Waals surface area contributed by atoms with Crippen LogP contribution in [0.1, 0.15) is 26.5 Å². The van der Waals surface area contributed by atoms with Crippen LogP contribution in [0, 0.1) is 0 Å². The summed E-state index contributed by atoms with van der Waals surface area (Å²) in [7, 11) is 0. The maximum atomic E-state index is 12.7. The smallest absolute Gasteiger partial charge is 0.193 e. The molecule has 0 aliphatic carbocycles. The lowest BCUT2D eigenvalue weighted by atomic mass is 9.97. The Hall–Kier alpha value is -2.46. The summed E-state index contributed by atoms with van der Waals surface area (Å²) in [4.78, 5) is 23.5. The Morgan fingerprint density at radius 2 is 1.68 bits per heavy atom. The summed E-state index contributed by atoms with van der Waals surface area (Å²) in [5.74, 6) is 0.649. The summed E-state index contributed by atoms with van der Waals surface area (Å²) in [5, 5.41) is 0. The Balaban J connectivity index is 2.06. The van der Waals surface area contributed by atoms with Gasteiger partial charge in [-0.05, 0) is 36.4 Å². The van der Waals surface area contributed by atoms with Crippen LogP contribution in [0.25, 0.3) is 11.3 Å². The fourth-order valence-corrected chi connectivity index (χ4v) is 2.48. The highest BCUT2D eigenvalue weighted by Gasteiger charge is 2.16. The van der Waals surface area contributed by atoms with E-state index in [0.717, 1.165) is 4.47 Å². The highest BCUT2D eigenvalue weighted by molar-refractivity contribution is 9.10. The molecule has 1 heterocycles. The van der Waals surface area contributed by atoms with E-state index in [1.165, 1.54) is 0 Å². The molecule has 0 saturated carbocycles. The molecule has 0 aliphatic heterocycles. The van der Waals surface area contributed by atoms with E-state index in [1.807, 2.05) is 18.2 Å². The van der Waals surface area contributed by atoms with Gasteiger partial charge in [0.2, 0.25) is 0 Å². The lowest BCUT2D eigenvalue weighted by Gasteiger charge is -2.07. The van der Waals surface area contributed by atoms with E-state index in [2.05, 4.69) is 15.9 Å². The first-order valence-corrected chi connectivity index (χ1v) is 7.43. The van der Waals surface area contributed by atoms with Crippen LogP contribution < -0.4 is 0 Å². The number of hydrogen-bond acceptors (Lipinski definition) is 3. The topological polar surface area (TPSA) is 47.3 Å². The predicted octanol–water partition coefficient (Wildman–Crippen LogP) is 4.75. The van der Waals surface area contributed by atoms with Crippen LogP contribution in [-0.2, 0) is 0 Å². The van der Waals surface area contributed by atoms with Crippen LogP contribution in [0.5, 0.6) is 0 Å². The van der Waals surface area contributed by atoms with Crippen molar-refractivity contribution in [2.75, 3.05) is 0 Å². The van der Waals surface area contributed by atoms with Crippen LogP contribution >= 0.6 is 15.9 Å². The number of aldehydes is 1. The second-order valence-electron chi connectivity index (χ2n) is 4.70. The minimum atomic E-state index is -0.0906. The molecular formula is C18H11BrO3. The first kappa shape index (κ1) is 14.5. The molecule has 0 atom stereocenters. The molecule has 0 N–H and O–H groups in total. The molecule has 3 aromatic rings. The third-order valence-electron chi connectivity index (χ3n) is 3.29. The number of carbonyl (C=O) groups is 2. The maximum absolute atomic E-state index is 12.7. The van der Waals surface area contributed by atoms with Crippen molar-refractivity contribution in [1.29, 1.82) is 0 Å². The van der Waals surface area contributed by atoms with Gasteiger partial charge < -0.3 is 4.42 Å². The summed E-state index contributed by atoms with van der Waals surface area (Å²) in [6.45, 7) is 0. The van der Waals surface area contributed by atoms with Gasteiger partial charge in [-0.1, -0.05) is 40.2 Å². The van der Waals surface area contributed by atoms with E-state index in [9.17, 15) is 9.59 Å². The van der Waals surface area contributed by atoms with E-state index in [0.29, 0.717) is 28.7 Å². The monoisotopic (exact) mass is 354 g/mol. The molecule has 3 nitrogen and oxygen atoms in total. The Morgan fingerprint density at radius 1 is 0.955 bits per heavy atom. The van der Waals surface area contributed by atoms with Gasteiger partial charge in [0.15, 0.2) is 17.8 Å². The summed E-state index contributed by atoms with van der Waals surface area (Å²) >= 11 is 3.35. The molecule has 0 spiro atoms. The van der Waals surface area contributed by atoms with Crippen LogP contribution in [0.3, 0.4) is 0 Å². The van der Waals surface area contributed by atoms with E-state index in [-0.39, 0.29) is 11.5 Å². The normalized spacial score (nSPS) is 10.4. The number of ketones is 1. The highest BCUT2D eigenvalue weighted by atomic mass is 79.9. The second-order valence-corrected chi connectivity index (χ2v) is 5.62. The summed E-state index contributed by atoms with van der Waals surface area (Å²) in [6, 6.07) is 17.7. The third kappa shape index (κ3) is 2.78. The van der Waals surface area contributed by atoms with Gasteiger partial charge >= 0.3 is 0 Å². The summed E-state index contributed by atoms with van der Waals surface area (Å²) in [6.07, 6.45) is 0.642. The molecular weight excluding hydrogens is 344 g/mol. The Labute approximate surface area is 135 Å². The quantitative estimate of drug-likeness (QED) is 0.501. The number of carbonyl (C=O) groups excluding carboxylic acids is 2.